The zero-order valence-corrected chi connectivity index (χ0v) is 21.2. The molecule has 33 heavy (non-hydrogen) atoms. The van der Waals surface area contributed by atoms with Crippen molar-refractivity contribution < 1.29 is 9.53 Å². The van der Waals surface area contributed by atoms with Crippen LogP contribution in [-0.2, 0) is 0 Å². The topological polar surface area (TPSA) is 50.6 Å². The van der Waals surface area contributed by atoms with Gasteiger partial charge < -0.3 is 9.64 Å². The van der Waals surface area contributed by atoms with Crippen molar-refractivity contribution in [1.82, 2.24) is 19.6 Å². The number of benzene rings is 2. The van der Waals surface area contributed by atoms with Crippen molar-refractivity contribution in [2.24, 2.45) is 0 Å². The quantitative estimate of drug-likeness (QED) is 0.327. The van der Waals surface area contributed by atoms with Crippen molar-refractivity contribution in [2.75, 3.05) is 32.9 Å². The first-order valence-corrected chi connectivity index (χ1v) is 12.6. The summed E-state index contributed by atoms with van der Waals surface area (Å²) in [6.07, 6.45) is 0. The van der Waals surface area contributed by atoms with Crippen molar-refractivity contribution >= 4 is 55.0 Å². The molecule has 0 saturated carbocycles. The average Bonchev–Trinajstić information content (AvgIpc) is 3.40. The Labute approximate surface area is 209 Å². The molecular weight excluding hydrogens is 524 g/mol. The van der Waals surface area contributed by atoms with Gasteiger partial charge >= 0.3 is 0 Å². The number of nitrogens with zero attached hydrogens (tertiary/aromatic N) is 4. The molecule has 0 N–H and O–H groups in total. The molecule has 1 aliphatic heterocycles. The third-order valence-electron chi connectivity index (χ3n) is 5.71. The second-order valence-corrected chi connectivity index (χ2v) is 10.3. The van der Waals surface area contributed by atoms with Gasteiger partial charge in [-0.05, 0) is 61.5 Å². The van der Waals surface area contributed by atoms with Crippen molar-refractivity contribution in [3.63, 3.8) is 0 Å². The number of fused-ring (bicyclic) bond motifs is 1. The van der Waals surface area contributed by atoms with Crippen LogP contribution in [0.4, 0.5) is 0 Å². The summed E-state index contributed by atoms with van der Waals surface area (Å²) in [7, 11) is 0. The number of halogens is 2. The summed E-state index contributed by atoms with van der Waals surface area (Å²) in [4.78, 5) is 19.1. The van der Waals surface area contributed by atoms with Crippen LogP contribution in [0.5, 0.6) is 5.75 Å². The molecule has 4 aromatic rings. The van der Waals surface area contributed by atoms with E-state index < -0.39 is 0 Å². The van der Waals surface area contributed by atoms with E-state index in [0.29, 0.717) is 24.8 Å². The van der Waals surface area contributed by atoms with Gasteiger partial charge in [0.15, 0.2) is 0 Å². The van der Waals surface area contributed by atoms with Gasteiger partial charge in [-0.2, -0.15) is 5.10 Å². The molecule has 1 fully saturated rings. The standard InChI is InChI=1S/C24H22BrClN4O2S/c1-16-21-14-22(33-24(21)30(27-16)19-6-2-17(25)3-7-19)23(31)29-12-10-28(11-13-29)15-32-20-8-4-18(26)5-9-20/h2-9,14H,10-13,15H2,1H3. The van der Waals surface area contributed by atoms with Gasteiger partial charge in [0.25, 0.3) is 5.91 Å². The summed E-state index contributed by atoms with van der Waals surface area (Å²) >= 11 is 10.9. The average molecular weight is 546 g/mol. The van der Waals surface area contributed by atoms with E-state index in [1.165, 1.54) is 11.3 Å². The lowest BCUT2D eigenvalue weighted by Gasteiger charge is -2.34. The van der Waals surface area contributed by atoms with Gasteiger partial charge in [-0.15, -0.1) is 11.3 Å². The van der Waals surface area contributed by atoms with Crippen LogP contribution in [-0.4, -0.2) is 58.4 Å². The normalized spacial score (nSPS) is 14.7. The highest BCUT2D eigenvalue weighted by Crippen LogP contribution is 2.31. The Balaban J connectivity index is 1.24. The summed E-state index contributed by atoms with van der Waals surface area (Å²) in [5.41, 5.74) is 1.90. The number of aryl methyl sites for hydroxylation is 1. The van der Waals surface area contributed by atoms with Crippen LogP contribution < -0.4 is 4.74 Å². The predicted molar refractivity (Wildman–Crippen MR) is 136 cm³/mol. The molecule has 0 bridgehead atoms. The molecule has 6 nitrogen and oxygen atoms in total. The first kappa shape index (κ1) is 22.4. The number of rotatable bonds is 5. The Morgan fingerprint density at radius 1 is 1.09 bits per heavy atom. The molecule has 0 unspecified atom stereocenters. The minimum atomic E-state index is 0.0798. The number of ether oxygens (including phenoxy) is 1. The maximum atomic E-state index is 13.2. The van der Waals surface area contributed by atoms with E-state index in [-0.39, 0.29) is 5.91 Å². The summed E-state index contributed by atoms with van der Waals surface area (Å²) in [5.74, 6) is 0.870. The maximum Gasteiger partial charge on any atom is 0.264 e. The summed E-state index contributed by atoms with van der Waals surface area (Å²) < 4.78 is 8.78. The van der Waals surface area contributed by atoms with Crippen LogP contribution in [0.15, 0.2) is 59.1 Å². The lowest BCUT2D eigenvalue weighted by atomic mass is 10.2. The van der Waals surface area contributed by atoms with Crippen LogP contribution in [0.1, 0.15) is 15.4 Å². The number of aromatic nitrogens is 2. The van der Waals surface area contributed by atoms with Crippen molar-refractivity contribution in [2.45, 2.75) is 6.92 Å². The summed E-state index contributed by atoms with van der Waals surface area (Å²) in [6, 6.07) is 17.4. The highest BCUT2D eigenvalue weighted by Gasteiger charge is 2.25. The van der Waals surface area contributed by atoms with Crippen LogP contribution in [0.3, 0.4) is 0 Å². The summed E-state index contributed by atoms with van der Waals surface area (Å²) in [5, 5.41) is 6.40. The van der Waals surface area contributed by atoms with E-state index in [1.807, 2.05) is 71.1 Å². The van der Waals surface area contributed by atoms with Crippen LogP contribution >= 0.6 is 38.9 Å². The van der Waals surface area contributed by atoms with Crippen molar-refractivity contribution in [3.05, 3.63) is 74.7 Å². The van der Waals surface area contributed by atoms with Gasteiger partial charge in [0.05, 0.1) is 16.3 Å². The number of hydrogen-bond donors (Lipinski definition) is 0. The Hall–Kier alpha value is -2.39. The highest BCUT2D eigenvalue weighted by molar-refractivity contribution is 9.10. The molecule has 0 spiro atoms. The third-order valence-corrected chi connectivity index (χ3v) is 7.59. The smallest absolute Gasteiger partial charge is 0.264 e. The second-order valence-electron chi connectivity index (χ2n) is 7.94. The number of thiophene rings is 1. The fourth-order valence-electron chi connectivity index (χ4n) is 3.84. The molecule has 2 aromatic carbocycles. The molecule has 5 rings (SSSR count). The molecule has 0 atom stereocenters. The first-order chi connectivity index (χ1) is 16.0. The van der Waals surface area contributed by atoms with Gasteiger partial charge in [0.2, 0.25) is 0 Å². The number of hydrogen-bond acceptors (Lipinski definition) is 5. The third kappa shape index (κ3) is 4.80. The van der Waals surface area contributed by atoms with Gasteiger partial charge in [0.1, 0.15) is 17.3 Å². The fraction of sp³-hybridized carbons (Fsp3) is 0.250. The zero-order chi connectivity index (χ0) is 22.9. The van der Waals surface area contributed by atoms with E-state index in [4.69, 9.17) is 16.3 Å². The highest BCUT2D eigenvalue weighted by atomic mass is 79.9. The predicted octanol–water partition coefficient (Wildman–Crippen LogP) is 5.61. The van der Waals surface area contributed by atoms with Gasteiger partial charge in [-0.1, -0.05) is 27.5 Å². The SMILES string of the molecule is Cc1nn(-c2ccc(Br)cc2)c2sc(C(=O)N3CCN(COc4ccc(Cl)cc4)CC3)cc12. The Morgan fingerprint density at radius 3 is 2.48 bits per heavy atom. The van der Waals surface area contributed by atoms with Gasteiger partial charge in [-0.3, -0.25) is 9.69 Å². The molecule has 3 heterocycles. The first-order valence-electron chi connectivity index (χ1n) is 10.6. The molecule has 2 aromatic heterocycles. The molecule has 0 aliphatic carbocycles. The Bertz CT molecular complexity index is 1280. The molecule has 170 valence electrons. The minimum absolute atomic E-state index is 0.0798. The number of amides is 1. The Kier molecular flexibility index (Phi) is 6.42. The fourth-order valence-corrected chi connectivity index (χ4v) is 5.38. The van der Waals surface area contributed by atoms with Crippen LogP contribution in [0.25, 0.3) is 15.9 Å². The van der Waals surface area contributed by atoms with Crippen molar-refractivity contribution in [3.8, 4) is 11.4 Å². The maximum absolute atomic E-state index is 13.2. The summed E-state index contributed by atoms with van der Waals surface area (Å²) in [6.45, 7) is 5.38. The molecule has 1 amide bonds. The second kappa shape index (κ2) is 9.46. The largest absolute Gasteiger partial charge is 0.478 e. The van der Waals surface area contributed by atoms with E-state index in [1.54, 1.807) is 0 Å². The zero-order valence-electron chi connectivity index (χ0n) is 18.0. The molecule has 0 radical (unpaired) electrons. The molecule has 1 saturated heterocycles. The molecule has 1 aliphatic rings. The Morgan fingerprint density at radius 2 is 1.79 bits per heavy atom. The van der Waals surface area contributed by atoms with Gasteiger partial charge in [-0.25, -0.2) is 4.68 Å². The number of carbonyl (C=O) groups is 1. The van der Waals surface area contributed by atoms with E-state index in [0.717, 1.165) is 49.8 Å². The van der Waals surface area contributed by atoms with E-state index >= 15 is 0 Å². The van der Waals surface area contributed by atoms with Gasteiger partial charge in [0, 0.05) is 41.1 Å². The van der Waals surface area contributed by atoms with Crippen LogP contribution in [0, 0.1) is 6.92 Å². The van der Waals surface area contributed by atoms with Crippen molar-refractivity contribution in [1.29, 1.82) is 0 Å². The molecular formula is C24H22BrClN4O2S. The number of carbonyl (C=O) groups excluding carboxylic acids is 1. The number of piperazine rings is 1. The van der Waals surface area contributed by atoms with E-state index in [2.05, 4.69) is 25.9 Å². The lowest BCUT2D eigenvalue weighted by molar-refractivity contribution is 0.0485. The van der Waals surface area contributed by atoms with Crippen LogP contribution in [0.2, 0.25) is 5.02 Å². The van der Waals surface area contributed by atoms with E-state index in [9.17, 15) is 4.79 Å². The minimum Gasteiger partial charge on any atom is -0.478 e. The molecule has 9 heteroatoms. The monoisotopic (exact) mass is 544 g/mol. The lowest BCUT2D eigenvalue weighted by Crippen LogP contribution is -2.49.